The van der Waals surface area contributed by atoms with Gasteiger partial charge in [0.2, 0.25) is 5.91 Å². The summed E-state index contributed by atoms with van der Waals surface area (Å²) >= 11 is 1.78. The van der Waals surface area contributed by atoms with Crippen LogP contribution in [-0.4, -0.2) is 31.3 Å². The van der Waals surface area contributed by atoms with Gasteiger partial charge in [0.1, 0.15) is 0 Å². The summed E-state index contributed by atoms with van der Waals surface area (Å²) in [4.78, 5) is 13.0. The lowest BCUT2D eigenvalue weighted by Gasteiger charge is -2.22. The maximum Gasteiger partial charge on any atom is 0.220 e. The lowest BCUT2D eigenvalue weighted by molar-refractivity contribution is -0.121. The Labute approximate surface area is 125 Å². The van der Waals surface area contributed by atoms with Gasteiger partial charge in [0.25, 0.3) is 0 Å². The number of nitrogens with one attached hydrogen (secondary N) is 2. The Morgan fingerprint density at radius 2 is 2.20 bits per heavy atom. The van der Waals surface area contributed by atoms with E-state index in [1.54, 1.807) is 11.8 Å². The van der Waals surface area contributed by atoms with E-state index < -0.39 is 0 Å². The Bertz CT molecular complexity index is 391. The van der Waals surface area contributed by atoms with Gasteiger partial charge in [-0.2, -0.15) is 0 Å². The van der Waals surface area contributed by atoms with Gasteiger partial charge in [-0.05, 0) is 50.4 Å². The molecule has 0 aliphatic carbocycles. The van der Waals surface area contributed by atoms with Crippen molar-refractivity contribution in [3.63, 3.8) is 0 Å². The van der Waals surface area contributed by atoms with Crippen LogP contribution in [0.4, 0.5) is 0 Å². The highest BCUT2D eigenvalue weighted by atomic mass is 32.2. The molecule has 1 aliphatic rings. The van der Waals surface area contributed by atoms with Crippen LogP contribution < -0.4 is 10.6 Å². The molecule has 1 saturated heterocycles. The van der Waals surface area contributed by atoms with Gasteiger partial charge in [0, 0.05) is 23.6 Å². The molecule has 1 aliphatic heterocycles. The average Bonchev–Trinajstić information content (AvgIpc) is 2.52. The standard InChI is InChI=1S/C16H24N2OS/c19-16(9-8-14-5-4-10-17-13-14)18-11-12-20-15-6-2-1-3-7-15/h1-3,6-7,14,17H,4-5,8-13H2,(H,18,19). The second kappa shape index (κ2) is 9.03. The number of hydrogen-bond acceptors (Lipinski definition) is 3. The minimum atomic E-state index is 0.198. The molecule has 2 N–H and O–H groups in total. The summed E-state index contributed by atoms with van der Waals surface area (Å²) in [7, 11) is 0. The Morgan fingerprint density at radius 1 is 1.35 bits per heavy atom. The predicted octanol–water partition coefficient (Wildman–Crippen LogP) is 2.67. The molecule has 2 rings (SSSR count). The van der Waals surface area contributed by atoms with Crippen molar-refractivity contribution in [1.29, 1.82) is 0 Å². The molecule has 20 heavy (non-hydrogen) atoms. The molecule has 1 amide bonds. The first-order valence-electron chi connectivity index (χ1n) is 7.50. The van der Waals surface area contributed by atoms with E-state index in [-0.39, 0.29) is 5.91 Å². The van der Waals surface area contributed by atoms with Crippen LogP contribution in [0.25, 0.3) is 0 Å². The summed E-state index contributed by atoms with van der Waals surface area (Å²) in [5, 5.41) is 6.41. The zero-order chi connectivity index (χ0) is 14.0. The Hall–Kier alpha value is -1.00. The molecule has 0 radical (unpaired) electrons. The summed E-state index contributed by atoms with van der Waals surface area (Å²) < 4.78 is 0. The summed E-state index contributed by atoms with van der Waals surface area (Å²) in [6, 6.07) is 10.3. The molecule has 1 aromatic carbocycles. The molecule has 0 aromatic heterocycles. The highest BCUT2D eigenvalue weighted by Crippen LogP contribution is 2.17. The quantitative estimate of drug-likeness (QED) is 0.600. The highest BCUT2D eigenvalue weighted by molar-refractivity contribution is 7.99. The molecule has 1 fully saturated rings. The van der Waals surface area contributed by atoms with Crippen molar-refractivity contribution in [2.24, 2.45) is 5.92 Å². The van der Waals surface area contributed by atoms with E-state index in [1.807, 2.05) is 18.2 Å². The van der Waals surface area contributed by atoms with Crippen molar-refractivity contribution in [2.45, 2.75) is 30.6 Å². The van der Waals surface area contributed by atoms with Crippen molar-refractivity contribution < 1.29 is 4.79 Å². The molecule has 1 unspecified atom stereocenters. The van der Waals surface area contributed by atoms with Crippen molar-refractivity contribution in [3.8, 4) is 0 Å². The van der Waals surface area contributed by atoms with Crippen LogP contribution in [0.2, 0.25) is 0 Å². The molecule has 110 valence electrons. The summed E-state index contributed by atoms with van der Waals surface area (Å²) in [6.07, 6.45) is 4.21. The molecule has 1 heterocycles. The summed E-state index contributed by atoms with van der Waals surface area (Å²) in [5.41, 5.74) is 0. The molecule has 0 bridgehead atoms. The van der Waals surface area contributed by atoms with E-state index in [4.69, 9.17) is 0 Å². The van der Waals surface area contributed by atoms with Gasteiger partial charge >= 0.3 is 0 Å². The van der Waals surface area contributed by atoms with Crippen molar-refractivity contribution in [2.75, 3.05) is 25.4 Å². The van der Waals surface area contributed by atoms with Crippen molar-refractivity contribution >= 4 is 17.7 Å². The molecule has 3 nitrogen and oxygen atoms in total. The second-order valence-electron chi connectivity index (χ2n) is 5.26. The number of rotatable bonds is 7. The molecule has 0 saturated carbocycles. The monoisotopic (exact) mass is 292 g/mol. The largest absolute Gasteiger partial charge is 0.355 e. The molecule has 4 heteroatoms. The maximum atomic E-state index is 11.8. The molecule has 1 aromatic rings. The van der Waals surface area contributed by atoms with Crippen LogP contribution >= 0.6 is 11.8 Å². The van der Waals surface area contributed by atoms with E-state index in [1.165, 1.54) is 17.7 Å². The maximum absolute atomic E-state index is 11.8. The van der Waals surface area contributed by atoms with Gasteiger partial charge in [0.05, 0.1) is 0 Å². The predicted molar refractivity (Wildman–Crippen MR) is 85.0 cm³/mol. The minimum Gasteiger partial charge on any atom is -0.355 e. The lowest BCUT2D eigenvalue weighted by atomic mass is 9.94. The average molecular weight is 292 g/mol. The third kappa shape index (κ3) is 5.97. The third-order valence-electron chi connectivity index (χ3n) is 3.61. The van der Waals surface area contributed by atoms with Crippen LogP contribution in [0.15, 0.2) is 35.2 Å². The topological polar surface area (TPSA) is 41.1 Å². The number of carbonyl (C=O) groups is 1. The number of thioether (sulfide) groups is 1. The van der Waals surface area contributed by atoms with Crippen LogP contribution in [-0.2, 0) is 4.79 Å². The van der Waals surface area contributed by atoms with E-state index in [9.17, 15) is 4.79 Å². The fourth-order valence-corrected chi connectivity index (χ4v) is 3.26. The fourth-order valence-electron chi connectivity index (χ4n) is 2.47. The normalized spacial score (nSPS) is 18.7. The van der Waals surface area contributed by atoms with E-state index in [0.717, 1.165) is 31.8 Å². The van der Waals surface area contributed by atoms with E-state index in [2.05, 4.69) is 22.8 Å². The van der Waals surface area contributed by atoms with Gasteiger partial charge in [-0.25, -0.2) is 0 Å². The van der Waals surface area contributed by atoms with Crippen LogP contribution in [0.3, 0.4) is 0 Å². The zero-order valence-corrected chi connectivity index (χ0v) is 12.8. The Kier molecular flexibility index (Phi) is 6.95. The lowest BCUT2D eigenvalue weighted by Crippen LogP contribution is -2.31. The van der Waals surface area contributed by atoms with Crippen LogP contribution in [0, 0.1) is 5.92 Å². The minimum absolute atomic E-state index is 0.198. The Balaban J connectivity index is 1.51. The first-order valence-corrected chi connectivity index (χ1v) is 8.48. The summed E-state index contributed by atoms with van der Waals surface area (Å²) in [6.45, 7) is 2.97. The van der Waals surface area contributed by atoms with Gasteiger partial charge in [-0.3, -0.25) is 4.79 Å². The third-order valence-corrected chi connectivity index (χ3v) is 4.63. The SMILES string of the molecule is O=C(CCC1CCCNC1)NCCSc1ccccc1. The van der Waals surface area contributed by atoms with Gasteiger partial charge < -0.3 is 10.6 Å². The highest BCUT2D eigenvalue weighted by Gasteiger charge is 2.14. The number of piperidine rings is 1. The molecule has 0 spiro atoms. The first-order chi connectivity index (χ1) is 9.84. The number of carbonyl (C=O) groups excluding carboxylic acids is 1. The Morgan fingerprint density at radius 3 is 2.95 bits per heavy atom. The fraction of sp³-hybridized carbons (Fsp3) is 0.562. The van der Waals surface area contributed by atoms with Crippen LogP contribution in [0.1, 0.15) is 25.7 Å². The van der Waals surface area contributed by atoms with E-state index in [0.29, 0.717) is 12.3 Å². The number of amides is 1. The van der Waals surface area contributed by atoms with Crippen LogP contribution in [0.5, 0.6) is 0 Å². The molecular weight excluding hydrogens is 268 g/mol. The van der Waals surface area contributed by atoms with Crippen molar-refractivity contribution in [1.82, 2.24) is 10.6 Å². The van der Waals surface area contributed by atoms with Crippen molar-refractivity contribution in [3.05, 3.63) is 30.3 Å². The van der Waals surface area contributed by atoms with Gasteiger partial charge in [-0.15, -0.1) is 11.8 Å². The second-order valence-corrected chi connectivity index (χ2v) is 6.43. The number of hydrogen-bond donors (Lipinski definition) is 2. The van der Waals surface area contributed by atoms with Gasteiger partial charge in [-0.1, -0.05) is 18.2 Å². The van der Waals surface area contributed by atoms with E-state index >= 15 is 0 Å². The first kappa shape index (κ1) is 15.4. The summed E-state index contributed by atoms with van der Waals surface area (Å²) in [5.74, 6) is 1.82. The zero-order valence-electron chi connectivity index (χ0n) is 11.9. The number of benzene rings is 1. The molecule has 1 atom stereocenters. The smallest absolute Gasteiger partial charge is 0.220 e. The van der Waals surface area contributed by atoms with Gasteiger partial charge in [0.15, 0.2) is 0 Å². The molecular formula is C16H24N2OS.